The van der Waals surface area contributed by atoms with Crippen molar-refractivity contribution in [1.82, 2.24) is 0 Å². The third kappa shape index (κ3) is 2.96. The van der Waals surface area contributed by atoms with E-state index in [0.717, 1.165) is 12.1 Å². The molecule has 1 aromatic carbocycles. The van der Waals surface area contributed by atoms with E-state index < -0.39 is 11.6 Å². The number of halogens is 2. The number of nitrogens with two attached hydrogens (primary N) is 1. The average molecular weight is 217 g/mol. The standard InChI is InChI=1S/C10H13F2NS/c1-10(2,6-13)14-9-5-7(11)3-4-8(9)12/h3-5H,6,13H2,1-2H3. The van der Waals surface area contributed by atoms with E-state index in [1.54, 1.807) is 0 Å². The maximum absolute atomic E-state index is 13.2. The molecule has 0 saturated carbocycles. The molecule has 0 aliphatic carbocycles. The molecule has 0 aliphatic rings. The molecule has 0 fully saturated rings. The normalized spacial score (nSPS) is 11.8. The largest absolute Gasteiger partial charge is 0.329 e. The first-order chi connectivity index (χ1) is 6.44. The van der Waals surface area contributed by atoms with Crippen molar-refractivity contribution < 1.29 is 8.78 Å². The van der Waals surface area contributed by atoms with Crippen LogP contribution in [0.25, 0.3) is 0 Å². The molecule has 0 bridgehead atoms. The zero-order valence-corrected chi connectivity index (χ0v) is 9.00. The van der Waals surface area contributed by atoms with Crippen LogP contribution in [0.1, 0.15) is 13.8 Å². The monoisotopic (exact) mass is 217 g/mol. The minimum Gasteiger partial charge on any atom is -0.329 e. The molecule has 1 aromatic rings. The van der Waals surface area contributed by atoms with Gasteiger partial charge in [-0.1, -0.05) is 0 Å². The second-order valence-electron chi connectivity index (χ2n) is 3.64. The predicted octanol–water partition coefficient (Wildman–Crippen LogP) is 2.79. The van der Waals surface area contributed by atoms with Crippen LogP contribution >= 0.6 is 11.8 Å². The summed E-state index contributed by atoms with van der Waals surface area (Å²) in [6.45, 7) is 4.19. The molecule has 0 amide bonds. The van der Waals surface area contributed by atoms with Crippen molar-refractivity contribution in [1.29, 1.82) is 0 Å². The highest BCUT2D eigenvalue weighted by molar-refractivity contribution is 8.00. The second-order valence-corrected chi connectivity index (χ2v) is 5.39. The highest BCUT2D eigenvalue weighted by Crippen LogP contribution is 2.33. The van der Waals surface area contributed by atoms with Crippen molar-refractivity contribution in [2.75, 3.05) is 6.54 Å². The van der Waals surface area contributed by atoms with Crippen LogP contribution in [-0.4, -0.2) is 11.3 Å². The lowest BCUT2D eigenvalue weighted by molar-refractivity contribution is 0.575. The van der Waals surface area contributed by atoms with Gasteiger partial charge < -0.3 is 5.73 Å². The van der Waals surface area contributed by atoms with Crippen LogP contribution in [0.5, 0.6) is 0 Å². The summed E-state index contributed by atoms with van der Waals surface area (Å²) < 4.78 is 25.7. The molecule has 2 N–H and O–H groups in total. The van der Waals surface area contributed by atoms with E-state index in [4.69, 9.17) is 5.73 Å². The van der Waals surface area contributed by atoms with Gasteiger partial charge in [0.2, 0.25) is 0 Å². The Hall–Kier alpha value is -0.610. The lowest BCUT2D eigenvalue weighted by Crippen LogP contribution is -2.26. The maximum atomic E-state index is 13.2. The molecule has 4 heteroatoms. The summed E-state index contributed by atoms with van der Waals surface area (Å²) in [5, 5.41) is 0. The van der Waals surface area contributed by atoms with Gasteiger partial charge in [0.05, 0.1) is 0 Å². The fourth-order valence-corrected chi connectivity index (χ4v) is 1.91. The number of hydrogen-bond donors (Lipinski definition) is 1. The zero-order chi connectivity index (χ0) is 10.8. The van der Waals surface area contributed by atoms with Crippen LogP contribution in [-0.2, 0) is 0 Å². The Morgan fingerprint density at radius 1 is 1.36 bits per heavy atom. The maximum Gasteiger partial charge on any atom is 0.136 e. The van der Waals surface area contributed by atoms with Gasteiger partial charge in [0.15, 0.2) is 0 Å². The Morgan fingerprint density at radius 3 is 2.57 bits per heavy atom. The summed E-state index contributed by atoms with van der Waals surface area (Å²) in [5.41, 5.74) is 5.51. The molecule has 0 radical (unpaired) electrons. The van der Waals surface area contributed by atoms with Crippen LogP contribution in [0.2, 0.25) is 0 Å². The minimum atomic E-state index is -0.429. The molecule has 78 valence electrons. The van der Waals surface area contributed by atoms with Gasteiger partial charge in [-0.25, -0.2) is 8.78 Å². The number of thioether (sulfide) groups is 1. The predicted molar refractivity (Wildman–Crippen MR) is 55.3 cm³/mol. The molecule has 0 aromatic heterocycles. The van der Waals surface area contributed by atoms with Crippen LogP contribution in [0.4, 0.5) is 8.78 Å². The van der Waals surface area contributed by atoms with E-state index in [1.807, 2.05) is 13.8 Å². The van der Waals surface area contributed by atoms with Gasteiger partial charge >= 0.3 is 0 Å². The summed E-state index contributed by atoms with van der Waals surface area (Å²) >= 11 is 1.25. The fraction of sp³-hybridized carbons (Fsp3) is 0.400. The Morgan fingerprint density at radius 2 is 2.00 bits per heavy atom. The van der Waals surface area contributed by atoms with E-state index in [2.05, 4.69) is 0 Å². The molecule has 1 rings (SSSR count). The van der Waals surface area contributed by atoms with E-state index in [9.17, 15) is 8.78 Å². The first-order valence-electron chi connectivity index (χ1n) is 4.29. The lowest BCUT2D eigenvalue weighted by Gasteiger charge is -2.21. The molecule has 0 aliphatic heterocycles. The SMILES string of the molecule is CC(C)(CN)Sc1cc(F)ccc1F. The summed E-state index contributed by atoms with van der Waals surface area (Å²) in [5.74, 6) is -0.834. The molecular weight excluding hydrogens is 204 g/mol. The second kappa shape index (κ2) is 4.28. The van der Waals surface area contributed by atoms with E-state index in [0.29, 0.717) is 11.4 Å². The van der Waals surface area contributed by atoms with E-state index in [1.165, 1.54) is 17.8 Å². The molecule has 0 heterocycles. The summed E-state index contributed by atoms with van der Waals surface area (Å²) in [6.07, 6.45) is 0. The van der Waals surface area contributed by atoms with Crippen molar-refractivity contribution in [3.63, 3.8) is 0 Å². The van der Waals surface area contributed by atoms with Gasteiger partial charge in [-0.2, -0.15) is 0 Å². The van der Waals surface area contributed by atoms with Crippen LogP contribution < -0.4 is 5.73 Å². The molecule has 0 saturated heterocycles. The smallest absolute Gasteiger partial charge is 0.136 e. The van der Waals surface area contributed by atoms with Crippen LogP contribution in [0, 0.1) is 11.6 Å². The topological polar surface area (TPSA) is 26.0 Å². The fourth-order valence-electron chi connectivity index (χ4n) is 0.895. The Balaban J connectivity index is 2.91. The van der Waals surface area contributed by atoms with Gasteiger partial charge in [-0.05, 0) is 32.0 Å². The van der Waals surface area contributed by atoms with Gasteiger partial charge in [-0.15, -0.1) is 11.8 Å². The Bertz CT molecular complexity index is 326. The Kier molecular flexibility index (Phi) is 3.50. The van der Waals surface area contributed by atoms with Crippen molar-refractivity contribution in [3.8, 4) is 0 Å². The third-order valence-electron chi connectivity index (χ3n) is 1.77. The molecule has 14 heavy (non-hydrogen) atoms. The summed E-state index contributed by atoms with van der Waals surface area (Å²) in [6, 6.07) is 3.43. The van der Waals surface area contributed by atoms with E-state index >= 15 is 0 Å². The molecular formula is C10H13F2NS. The number of rotatable bonds is 3. The van der Waals surface area contributed by atoms with E-state index in [-0.39, 0.29) is 4.75 Å². The first-order valence-corrected chi connectivity index (χ1v) is 5.10. The highest BCUT2D eigenvalue weighted by atomic mass is 32.2. The summed E-state index contributed by atoms with van der Waals surface area (Å²) in [7, 11) is 0. The van der Waals surface area contributed by atoms with Crippen molar-refractivity contribution >= 4 is 11.8 Å². The lowest BCUT2D eigenvalue weighted by atomic mass is 10.2. The molecule has 0 atom stereocenters. The van der Waals surface area contributed by atoms with Crippen LogP contribution in [0.3, 0.4) is 0 Å². The number of hydrogen-bond acceptors (Lipinski definition) is 2. The first kappa shape index (κ1) is 11.5. The zero-order valence-electron chi connectivity index (χ0n) is 8.18. The van der Waals surface area contributed by atoms with Crippen LogP contribution in [0.15, 0.2) is 23.1 Å². The van der Waals surface area contributed by atoms with Gasteiger partial charge in [-0.3, -0.25) is 0 Å². The minimum absolute atomic E-state index is 0.283. The van der Waals surface area contributed by atoms with Crippen molar-refractivity contribution in [2.24, 2.45) is 5.73 Å². The quantitative estimate of drug-likeness (QED) is 0.788. The molecule has 0 unspecified atom stereocenters. The highest BCUT2D eigenvalue weighted by Gasteiger charge is 2.19. The third-order valence-corrected chi connectivity index (χ3v) is 3.02. The Labute approximate surface area is 86.7 Å². The average Bonchev–Trinajstić information content (AvgIpc) is 2.11. The molecule has 0 spiro atoms. The van der Waals surface area contributed by atoms with Gasteiger partial charge in [0, 0.05) is 16.2 Å². The van der Waals surface area contributed by atoms with Crippen molar-refractivity contribution in [3.05, 3.63) is 29.8 Å². The van der Waals surface area contributed by atoms with Gasteiger partial charge in [0.1, 0.15) is 11.6 Å². The number of benzene rings is 1. The molecule has 1 nitrogen and oxygen atoms in total. The van der Waals surface area contributed by atoms with Crippen molar-refractivity contribution in [2.45, 2.75) is 23.5 Å². The van der Waals surface area contributed by atoms with Gasteiger partial charge in [0.25, 0.3) is 0 Å². The summed E-state index contributed by atoms with van der Waals surface area (Å²) in [4.78, 5) is 0.306.